The molecule has 190 valence electrons. The number of ether oxygens (including phenoxy) is 1. The Hall–Kier alpha value is -3.27. The molecule has 36 heavy (non-hydrogen) atoms. The largest absolute Gasteiger partial charge is 0.474 e. The van der Waals surface area contributed by atoms with Gasteiger partial charge in [-0.25, -0.2) is 13.6 Å². The lowest BCUT2D eigenvalue weighted by atomic mass is 9.95. The first-order valence-electron chi connectivity index (χ1n) is 12.0. The van der Waals surface area contributed by atoms with Crippen LogP contribution in [0, 0.1) is 17.0 Å². The average Bonchev–Trinajstić information content (AvgIpc) is 3.50. The van der Waals surface area contributed by atoms with Crippen LogP contribution in [0.15, 0.2) is 29.1 Å². The van der Waals surface area contributed by atoms with E-state index in [9.17, 15) is 14.0 Å². The van der Waals surface area contributed by atoms with Crippen molar-refractivity contribution in [2.75, 3.05) is 5.32 Å². The van der Waals surface area contributed by atoms with Crippen molar-refractivity contribution in [3.8, 4) is 11.7 Å². The highest BCUT2D eigenvalue weighted by atomic mass is 35.5. The number of anilines is 1. The molecule has 3 aromatic rings. The van der Waals surface area contributed by atoms with Gasteiger partial charge in [0.2, 0.25) is 5.88 Å². The van der Waals surface area contributed by atoms with Crippen LogP contribution in [0.25, 0.3) is 5.82 Å². The Kier molecular flexibility index (Phi) is 6.32. The van der Waals surface area contributed by atoms with Gasteiger partial charge in [0.15, 0.2) is 11.6 Å². The van der Waals surface area contributed by atoms with Crippen LogP contribution in [-0.4, -0.2) is 31.3 Å². The van der Waals surface area contributed by atoms with Crippen LogP contribution in [0.4, 0.5) is 14.5 Å². The zero-order valence-corrected chi connectivity index (χ0v) is 20.7. The van der Waals surface area contributed by atoms with Crippen LogP contribution in [0.5, 0.6) is 5.88 Å². The minimum atomic E-state index is -0.936. The second-order valence-corrected chi connectivity index (χ2v) is 10.0. The smallest absolute Gasteiger partial charge is 0.352 e. The quantitative estimate of drug-likeness (QED) is 0.481. The van der Waals surface area contributed by atoms with Gasteiger partial charge in [-0.15, -0.1) is 5.10 Å². The van der Waals surface area contributed by atoms with Crippen molar-refractivity contribution in [2.24, 2.45) is 5.41 Å². The van der Waals surface area contributed by atoms with Crippen molar-refractivity contribution < 1.29 is 18.3 Å². The van der Waals surface area contributed by atoms with E-state index in [1.165, 1.54) is 12.1 Å². The lowest BCUT2D eigenvalue weighted by molar-refractivity contribution is 0.101. The number of rotatable bonds is 7. The molecule has 11 heteroatoms. The highest BCUT2D eigenvalue weighted by molar-refractivity contribution is 6.34. The predicted octanol–water partition coefficient (Wildman–Crippen LogP) is 4.91. The maximum absolute atomic E-state index is 15.4. The van der Waals surface area contributed by atoms with E-state index in [4.69, 9.17) is 16.3 Å². The highest BCUT2D eigenvalue weighted by Gasteiger charge is 2.46. The summed E-state index contributed by atoms with van der Waals surface area (Å²) in [6.45, 7) is 4.29. The van der Waals surface area contributed by atoms with Crippen molar-refractivity contribution in [2.45, 2.75) is 65.0 Å². The number of fused-ring (bicyclic) bond motifs is 1. The number of benzene rings is 1. The van der Waals surface area contributed by atoms with Crippen LogP contribution >= 0.6 is 11.6 Å². The summed E-state index contributed by atoms with van der Waals surface area (Å²) >= 11 is 6.03. The first-order chi connectivity index (χ1) is 17.2. The maximum atomic E-state index is 15.4. The third-order valence-electron chi connectivity index (χ3n) is 6.87. The Bertz CT molecular complexity index is 1380. The van der Waals surface area contributed by atoms with E-state index in [1.807, 2.05) is 6.92 Å². The van der Waals surface area contributed by atoms with E-state index in [1.54, 1.807) is 11.5 Å². The number of nitrogens with one attached hydrogen (secondary N) is 1. The number of hydrogen-bond donors (Lipinski definition) is 1. The van der Waals surface area contributed by atoms with E-state index >= 15 is 4.39 Å². The number of nitrogens with zero attached hydrogens (tertiary/aromatic N) is 4. The summed E-state index contributed by atoms with van der Waals surface area (Å²) in [4.78, 5) is 30.4. The van der Waals surface area contributed by atoms with Gasteiger partial charge in [-0.3, -0.25) is 9.36 Å². The molecule has 1 atom stereocenters. The van der Waals surface area contributed by atoms with Gasteiger partial charge in [-0.05, 0) is 56.2 Å². The molecule has 1 aliphatic heterocycles. The van der Waals surface area contributed by atoms with E-state index in [0.29, 0.717) is 25.2 Å². The Labute approximate surface area is 211 Å². The van der Waals surface area contributed by atoms with Gasteiger partial charge in [0, 0.05) is 13.0 Å². The molecule has 1 spiro atoms. The molecule has 1 N–H and O–H groups in total. The highest BCUT2D eigenvalue weighted by Crippen LogP contribution is 2.53. The van der Waals surface area contributed by atoms with Crippen molar-refractivity contribution in [1.82, 2.24) is 19.3 Å². The van der Waals surface area contributed by atoms with Crippen LogP contribution < -0.4 is 15.7 Å². The van der Waals surface area contributed by atoms with Gasteiger partial charge >= 0.3 is 5.69 Å². The fraction of sp³-hybridized carbons (Fsp3) is 0.440. The van der Waals surface area contributed by atoms with E-state index in [2.05, 4.69) is 15.4 Å². The molecule has 0 unspecified atom stereocenters. The topological polar surface area (TPSA) is 91.0 Å². The predicted molar refractivity (Wildman–Crippen MR) is 130 cm³/mol. The van der Waals surface area contributed by atoms with Crippen LogP contribution in [0.1, 0.15) is 62.1 Å². The lowest BCUT2D eigenvalue weighted by Gasteiger charge is -2.20. The molecule has 1 aliphatic carbocycles. The summed E-state index contributed by atoms with van der Waals surface area (Å²) < 4.78 is 38.0. The monoisotopic (exact) mass is 517 g/mol. The Morgan fingerprint density at radius 3 is 2.75 bits per heavy atom. The van der Waals surface area contributed by atoms with Crippen molar-refractivity contribution in [1.29, 1.82) is 0 Å². The van der Waals surface area contributed by atoms with E-state index in [0.717, 1.165) is 42.5 Å². The SMILES string of the molecule is CCC[C@H](C)Oc1nc(-n2nc3n(c2=O)CCC2(CC2)C3)c(F)cc1C(=O)Nc1c(F)cccc1Cl. The molecule has 1 aromatic carbocycles. The van der Waals surface area contributed by atoms with Crippen molar-refractivity contribution in [3.63, 3.8) is 0 Å². The van der Waals surface area contributed by atoms with Gasteiger partial charge < -0.3 is 10.1 Å². The lowest BCUT2D eigenvalue weighted by Crippen LogP contribution is -2.30. The molecular weight excluding hydrogens is 492 g/mol. The van der Waals surface area contributed by atoms with Gasteiger partial charge in [-0.2, -0.15) is 9.67 Å². The minimum absolute atomic E-state index is 0.0150. The molecule has 3 heterocycles. The summed E-state index contributed by atoms with van der Waals surface area (Å²) in [5, 5.41) is 6.74. The molecule has 1 amide bonds. The van der Waals surface area contributed by atoms with Crippen LogP contribution in [-0.2, 0) is 13.0 Å². The minimum Gasteiger partial charge on any atom is -0.474 e. The number of hydrogen-bond acceptors (Lipinski definition) is 5. The third-order valence-corrected chi connectivity index (χ3v) is 7.19. The van der Waals surface area contributed by atoms with E-state index in [-0.39, 0.29) is 39.5 Å². The van der Waals surface area contributed by atoms with Crippen LogP contribution in [0.3, 0.4) is 0 Å². The summed E-state index contributed by atoms with van der Waals surface area (Å²) in [5.74, 6) is -2.48. The molecule has 0 bridgehead atoms. The number of halogens is 3. The number of carbonyl (C=O) groups is 1. The van der Waals surface area contributed by atoms with Crippen molar-refractivity contribution >= 4 is 23.2 Å². The Balaban J connectivity index is 1.55. The average molecular weight is 518 g/mol. The fourth-order valence-corrected chi connectivity index (χ4v) is 4.83. The molecule has 0 saturated heterocycles. The fourth-order valence-electron chi connectivity index (χ4n) is 4.62. The third kappa shape index (κ3) is 4.50. The number of amides is 1. The molecule has 2 aromatic heterocycles. The van der Waals surface area contributed by atoms with Gasteiger partial charge in [0.05, 0.1) is 16.8 Å². The number of pyridine rings is 1. The molecule has 1 saturated carbocycles. The molecule has 1 fully saturated rings. The summed E-state index contributed by atoms with van der Waals surface area (Å²) in [6.07, 6.45) is 4.85. The normalized spacial score (nSPS) is 16.5. The molecule has 2 aliphatic rings. The standard InChI is InChI=1S/C25H26ClF2N5O3/c1-3-5-14(2)36-23-15(22(34)29-20-16(26)6-4-7-17(20)27)12-18(28)21(30-23)33-24(35)32-11-10-25(8-9-25)13-19(32)31-33/h4,6-7,12,14H,3,5,8-11,13H2,1-2H3,(H,29,34)/t14-/m0/s1. The summed E-state index contributed by atoms with van der Waals surface area (Å²) in [7, 11) is 0. The van der Waals surface area contributed by atoms with Gasteiger partial charge in [0.1, 0.15) is 17.2 Å². The molecular formula is C25H26ClF2N5O3. The molecule has 5 rings (SSSR count). The Morgan fingerprint density at radius 2 is 2.06 bits per heavy atom. The number of aromatic nitrogens is 4. The molecule has 0 radical (unpaired) electrons. The summed E-state index contributed by atoms with van der Waals surface area (Å²) in [5.41, 5.74) is -0.785. The zero-order valence-electron chi connectivity index (χ0n) is 20.0. The Morgan fingerprint density at radius 1 is 1.28 bits per heavy atom. The maximum Gasteiger partial charge on any atom is 0.352 e. The number of carbonyl (C=O) groups excluding carboxylic acids is 1. The second kappa shape index (κ2) is 9.31. The van der Waals surface area contributed by atoms with Crippen molar-refractivity contribution in [3.05, 3.63) is 62.8 Å². The van der Waals surface area contributed by atoms with Gasteiger partial charge in [-0.1, -0.05) is 31.0 Å². The van der Waals surface area contributed by atoms with Crippen LogP contribution in [0.2, 0.25) is 5.02 Å². The second-order valence-electron chi connectivity index (χ2n) is 9.60. The number of para-hydroxylation sites is 1. The molecule has 8 nitrogen and oxygen atoms in total. The first kappa shape index (κ1) is 24.4. The van der Waals surface area contributed by atoms with Gasteiger partial charge in [0.25, 0.3) is 5.91 Å². The van der Waals surface area contributed by atoms with E-state index < -0.39 is 23.2 Å². The first-order valence-corrected chi connectivity index (χ1v) is 12.4. The summed E-state index contributed by atoms with van der Waals surface area (Å²) in [6, 6.07) is 4.88. The zero-order chi connectivity index (χ0) is 25.6.